The van der Waals surface area contributed by atoms with Gasteiger partial charge in [0.05, 0.1) is 18.0 Å². The fourth-order valence-corrected chi connectivity index (χ4v) is 2.74. The fourth-order valence-electron chi connectivity index (χ4n) is 2.05. The van der Waals surface area contributed by atoms with Crippen LogP contribution in [-0.4, -0.2) is 30.2 Å². The monoisotopic (exact) mass is 330 g/mol. The van der Waals surface area contributed by atoms with Gasteiger partial charge in [-0.1, -0.05) is 48.2 Å². The van der Waals surface area contributed by atoms with Crippen molar-refractivity contribution in [3.05, 3.63) is 42.5 Å². The number of hydrogen-bond donors (Lipinski definition) is 1. The number of carbonyl (C=O) groups excluding carboxylic acids is 1. The summed E-state index contributed by atoms with van der Waals surface area (Å²) in [6.07, 6.45) is 0. The maximum absolute atomic E-state index is 11.5. The summed E-state index contributed by atoms with van der Waals surface area (Å²) in [5.41, 5.74) is 0.766. The van der Waals surface area contributed by atoms with Crippen molar-refractivity contribution < 1.29 is 9.53 Å². The SMILES string of the molecule is C=N/N=C(/SCC(=O)OCC)N(N)c1cccc2ccccc12. The number of amidine groups is 1. The molecule has 0 aliphatic carbocycles. The summed E-state index contributed by atoms with van der Waals surface area (Å²) in [6.45, 7) is 5.45. The third-order valence-corrected chi connectivity index (χ3v) is 3.93. The lowest BCUT2D eigenvalue weighted by Crippen LogP contribution is -2.36. The molecular formula is C16H18N4O2S. The standard InChI is InChI=1S/C16H18N4O2S/c1-3-22-15(21)11-23-16(19-18-2)20(17)14-10-6-8-12-7-4-5-9-13(12)14/h4-10H,2-3,11,17H2,1H3/b19-16+. The number of fused-ring (bicyclic) bond motifs is 1. The van der Waals surface area contributed by atoms with E-state index in [9.17, 15) is 4.79 Å². The van der Waals surface area contributed by atoms with Crippen molar-refractivity contribution in [2.75, 3.05) is 17.4 Å². The zero-order valence-corrected chi connectivity index (χ0v) is 13.6. The van der Waals surface area contributed by atoms with Gasteiger partial charge in [0.25, 0.3) is 0 Å². The lowest BCUT2D eigenvalue weighted by atomic mass is 10.1. The lowest BCUT2D eigenvalue weighted by Gasteiger charge is -2.20. The van der Waals surface area contributed by atoms with E-state index in [1.807, 2.05) is 42.5 Å². The van der Waals surface area contributed by atoms with Crippen LogP contribution < -0.4 is 10.9 Å². The molecule has 0 unspecified atom stereocenters. The maximum Gasteiger partial charge on any atom is 0.316 e. The summed E-state index contributed by atoms with van der Waals surface area (Å²) in [4.78, 5) is 11.5. The number of thioether (sulfide) groups is 1. The number of rotatable bonds is 5. The van der Waals surface area contributed by atoms with Crippen LogP contribution >= 0.6 is 11.8 Å². The smallest absolute Gasteiger partial charge is 0.316 e. The highest BCUT2D eigenvalue weighted by atomic mass is 32.2. The Bertz CT molecular complexity index is 728. The van der Waals surface area contributed by atoms with Gasteiger partial charge in [0.2, 0.25) is 5.17 Å². The van der Waals surface area contributed by atoms with Crippen LogP contribution in [0.2, 0.25) is 0 Å². The summed E-state index contributed by atoms with van der Waals surface area (Å²) >= 11 is 1.15. The summed E-state index contributed by atoms with van der Waals surface area (Å²) in [6, 6.07) is 13.7. The molecule has 0 saturated heterocycles. The highest BCUT2D eigenvalue weighted by Crippen LogP contribution is 2.27. The molecule has 2 aromatic rings. The number of esters is 1. The normalized spacial score (nSPS) is 11.3. The van der Waals surface area contributed by atoms with E-state index in [-0.39, 0.29) is 11.7 Å². The van der Waals surface area contributed by atoms with Crippen molar-refractivity contribution in [1.82, 2.24) is 0 Å². The Morgan fingerprint density at radius 3 is 2.78 bits per heavy atom. The van der Waals surface area contributed by atoms with Crippen LogP contribution in [0.4, 0.5) is 5.69 Å². The van der Waals surface area contributed by atoms with Crippen LogP contribution in [0.25, 0.3) is 10.8 Å². The first-order chi connectivity index (χ1) is 11.2. The van der Waals surface area contributed by atoms with Crippen LogP contribution in [0.15, 0.2) is 52.7 Å². The van der Waals surface area contributed by atoms with E-state index in [0.29, 0.717) is 11.8 Å². The minimum atomic E-state index is -0.333. The van der Waals surface area contributed by atoms with Crippen LogP contribution in [0, 0.1) is 0 Å². The number of hydrazine groups is 1. The number of nitrogens with two attached hydrogens (primary N) is 1. The van der Waals surface area contributed by atoms with Gasteiger partial charge in [-0.2, -0.15) is 5.10 Å². The summed E-state index contributed by atoms with van der Waals surface area (Å²) in [5.74, 6) is 5.96. The molecule has 0 aromatic heterocycles. The van der Waals surface area contributed by atoms with Gasteiger partial charge < -0.3 is 4.74 Å². The van der Waals surface area contributed by atoms with Gasteiger partial charge in [-0.3, -0.25) is 9.80 Å². The molecule has 0 aliphatic rings. The van der Waals surface area contributed by atoms with E-state index in [1.54, 1.807) is 6.92 Å². The van der Waals surface area contributed by atoms with Crippen molar-refractivity contribution >= 4 is 46.1 Å². The molecule has 0 bridgehead atoms. The van der Waals surface area contributed by atoms with E-state index < -0.39 is 0 Å². The lowest BCUT2D eigenvalue weighted by molar-refractivity contribution is -0.139. The number of nitrogens with zero attached hydrogens (tertiary/aromatic N) is 3. The molecule has 0 saturated carbocycles. The third-order valence-electron chi connectivity index (χ3n) is 3.01. The molecule has 2 rings (SSSR count). The van der Waals surface area contributed by atoms with Crippen molar-refractivity contribution in [2.45, 2.75) is 6.92 Å². The number of ether oxygens (including phenoxy) is 1. The first-order valence-corrected chi connectivity index (χ1v) is 8.00. The van der Waals surface area contributed by atoms with Crippen molar-refractivity contribution in [2.24, 2.45) is 16.0 Å². The molecule has 0 atom stereocenters. The molecular weight excluding hydrogens is 312 g/mol. The van der Waals surface area contributed by atoms with Gasteiger partial charge in [0.15, 0.2) is 0 Å². The van der Waals surface area contributed by atoms with Crippen molar-refractivity contribution in [1.29, 1.82) is 0 Å². The Balaban J connectivity index is 2.26. The van der Waals surface area contributed by atoms with Gasteiger partial charge >= 0.3 is 5.97 Å². The van der Waals surface area contributed by atoms with Crippen molar-refractivity contribution in [3.63, 3.8) is 0 Å². The Morgan fingerprint density at radius 1 is 1.30 bits per heavy atom. The van der Waals surface area contributed by atoms with Gasteiger partial charge in [0.1, 0.15) is 0 Å². The fraction of sp³-hybridized carbons (Fsp3) is 0.188. The van der Waals surface area contributed by atoms with E-state index in [1.165, 1.54) is 5.01 Å². The van der Waals surface area contributed by atoms with Gasteiger partial charge in [-0.25, -0.2) is 5.84 Å². The number of carbonyl (C=O) groups is 1. The molecule has 0 fully saturated rings. The van der Waals surface area contributed by atoms with Crippen LogP contribution in [0.3, 0.4) is 0 Å². The second kappa shape index (κ2) is 8.30. The molecule has 0 radical (unpaired) electrons. The van der Waals surface area contributed by atoms with Crippen LogP contribution in [0.1, 0.15) is 6.92 Å². The largest absolute Gasteiger partial charge is 0.465 e. The second-order valence-corrected chi connectivity index (χ2v) is 5.43. The number of hydrogen-bond acceptors (Lipinski definition) is 6. The molecule has 23 heavy (non-hydrogen) atoms. The topological polar surface area (TPSA) is 80.3 Å². The van der Waals surface area contributed by atoms with Gasteiger partial charge in [0, 0.05) is 12.1 Å². The summed E-state index contributed by atoms with van der Waals surface area (Å²) < 4.78 is 4.91. The first-order valence-electron chi connectivity index (χ1n) is 7.02. The van der Waals surface area contributed by atoms with Crippen LogP contribution in [0.5, 0.6) is 0 Å². The Kier molecular flexibility index (Phi) is 6.13. The van der Waals surface area contributed by atoms with E-state index in [2.05, 4.69) is 16.9 Å². The van der Waals surface area contributed by atoms with Gasteiger partial charge in [-0.15, -0.1) is 5.10 Å². The molecule has 6 nitrogen and oxygen atoms in total. The van der Waals surface area contributed by atoms with Gasteiger partial charge in [-0.05, 0) is 18.4 Å². The minimum absolute atomic E-state index is 0.0979. The zero-order valence-electron chi connectivity index (χ0n) is 12.8. The quantitative estimate of drug-likeness (QED) is 0.300. The molecule has 0 heterocycles. The molecule has 2 N–H and O–H groups in total. The summed E-state index contributed by atoms with van der Waals surface area (Å²) in [7, 11) is 0. The molecule has 0 amide bonds. The Labute approximate surface area is 139 Å². The molecule has 0 aliphatic heterocycles. The first kappa shape index (κ1) is 17.0. The molecule has 2 aromatic carbocycles. The van der Waals surface area contributed by atoms with E-state index in [4.69, 9.17) is 10.6 Å². The highest BCUT2D eigenvalue weighted by molar-refractivity contribution is 8.14. The molecule has 120 valence electrons. The van der Waals surface area contributed by atoms with E-state index >= 15 is 0 Å². The van der Waals surface area contributed by atoms with Crippen LogP contribution in [-0.2, 0) is 9.53 Å². The molecule has 7 heteroatoms. The predicted octanol–water partition coefficient (Wildman–Crippen LogP) is 2.79. The average Bonchev–Trinajstić information content (AvgIpc) is 2.57. The number of anilines is 1. The zero-order chi connectivity index (χ0) is 16.7. The number of benzene rings is 2. The average molecular weight is 330 g/mol. The van der Waals surface area contributed by atoms with E-state index in [0.717, 1.165) is 28.2 Å². The predicted molar refractivity (Wildman–Crippen MR) is 96.7 cm³/mol. The maximum atomic E-state index is 11.5. The summed E-state index contributed by atoms with van der Waals surface area (Å²) in [5, 5.41) is 11.3. The Hall–Kier alpha value is -2.38. The highest BCUT2D eigenvalue weighted by Gasteiger charge is 2.15. The second-order valence-electron chi connectivity index (χ2n) is 4.49. The van der Waals surface area contributed by atoms with Crippen molar-refractivity contribution in [3.8, 4) is 0 Å². The Morgan fingerprint density at radius 2 is 2.04 bits per heavy atom. The molecule has 0 spiro atoms. The third kappa shape index (κ3) is 4.30. The minimum Gasteiger partial charge on any atom is -0.465 e.